The first-order valence-electron chi connectivity index (χ1n) is 39.7. The fraction of sp³-hybridized carbons (Fsp3) is 0.607. The van der Waals surface area contributed by atoms with Gasteiger partial charge in [0.1, 0.15) is 57.4 Å². The van der Waals surface area contributed by atoms with Crippen molar-refractivity contribution < 1.29 is 107 Å². The summed E-state index contributed by atoms with van der Waals surface area (Å²) in [7, 11) is -7.42. The number of carboxylic acid groups (broad SMARTS) is 1. The number of nitrogens with one attached hydrogen (secondary N) is 1. The zero-order valence-corrected chi connectivity index (χ0v) is 72.6. The second-order valence-corrected chi connectivity index (χ2v) is 42.3. The van der Waals surface area contributed by atoms with Crippen molar-refractivity contribution in [3.05, 3.63) is 105 Å². The molecule has 0 bridgehead atoms. The summed E-state index contributed by atoms with van der Waals surface area (Å²) in [4.78, 5) is 141. The van der Waals surface area contributed by atoms with Crippen molar-refractivity contribution >= 4 is 133 Å². The van der Waals surface area contributed by atoms with E-state index in [0.717, 1.165) is 18.2 Å². The van der Waals surface area contributed by atoms with Gasteiger partial charge in [0, 0.05) is 35.3 Å². The first kappa shape index (κ1) is 96.9. The van der Waals surface area contributed by atoms with E-state index in [1.807, 2.05) is 51.1 Å². The fourth-order valence-corrected chi connectivity index (χ4v) is 20.1. The number of ether oxygens (including phenoxy) is 4. The molecule has 28 nitrogen and oxygen atoms in total. The molecule has 1 saturated heterocycles. The van der Waals surface area contributed by atoms with E-state index < -0.39 is 155 Å². The standard InChI is InChI=1S/C40H50N4O9S.C16H24O5S.C10H14BO3.C10H15NO3S.C8H10BO3.ClH/c1-9-25-20-40(25,32(45)22-54(49,50)27-15-16-27)42-36(47)30-17-26(21-44(30)37(48)28(38(3,4)5)18-33(46)52-39(6,7)8)51-31-19-29(24-13-11-10-12-14-24)41-34-23(2)43-53-35(31)34;1-5-11-8-16(11,9-14(18)21-15(2,3)4)13(17)10-22(19,20)12-6-7-12;1-3-8-5-10(8,6-11-7-12)9(13)14-4-2;1-2-7-5-10(7,11)9(12)6-15(13,14)8-3-4-8;1-2-6-3-8(6,7(11)12)4-9-5-10;/h9-14,19,25-28,30H,1,15-18,20-22H2,2-8H3,(H,42,47);5,11-12H,1,6-10H2,2-4H3;3,7-8H,1,4-6H2,2H3;2,7-8H,1,3-6,11H2;2,5-6H,1,3-4H2,(H,11,12);1H/t25-,26-,28-,30+,40-;11-,16-;;7-,10-;6-,8-;/m11.11./s1. The van der Waals surface area contributed by atoms with E-state index in [9.17, 15) is 78.0 Å². The Morgan fingerprint density at radius 3 is 1.58 bits per heavy atom. The van der Waals surface area contributed by atoms with Crippen molar-refractivity contribution in [3.63, 3.8) is 0 Å². The average molecular weight is 1720 g/mol. The van der Waals surface area contributed by atoms with Gasteiger partial charge in [-0.3, -0.25) is 43.2 Å². The van der Waals surface area contributed by atoms with Gasteiger partial charge in [0.05, 0.1) is 82.1 Å². The van der Waals surface area contributed by atoms with E-state index in [1.165, 1.54) is 19.5 Å². The maximum Gasteiger partial charge on any atom is 0.311 e. The summed E-state index contributed by atoms with van der Waals surface area (Å²) in [5, 5.41) is 14.6. The van der Waals surface area contributed by atoms with Crippen LogP contribution in [0, 0.1) is 64.1 Å². The number of allylic oxidation sites excluding steroid dienone is 3. The molecule has 9 fully saturated rings. The first-order chi connectivity index (χ1) is 54.5. The van der Waals surface area contributed by atoms with Crippen LogP contribution in [0.25, 0.3) is 22.4 Å². The molecule has 0 spiro atoms. The van der Waals surface area contributed by atoms with Crippen LogP contribution < -0.4 is 15.8 Å². The molecule has 2 radical (unpaired) electrons. The lowest BCUT2D eigenvalue weighted by Crippen LogP contribution is -2.55. The number of sulfone groups is 3. The highest BCUT2D eigenvalue weighted by Crippen LogP contribution is 2.59. The Labute approximate surface area is 700 Å². The van der Waals surface area contributed by atoms with Crippen molar-refractivity contribution in [1.29, 1.82) is 0 Å². The molecule has 2 aromatic heterocycles. The minimum absolute atomic E-state index is 0. The van der Waals surface area contributed by atoms with Gasteiger partial charge in [0.25, 0.3) is 0 Å². The smallest absolute Gasteiger partial charge is 0.311 e. The number of aryl methyl sites for hydroxylation is 1. The van der Waals surface area contributed by atoms with Gasteiger partial charge in [0.2, 0.25) is 17.4 Å². The Hall–Kier alpha value is -8.26. The fourth-order valence-electron chi connectivity index (χ4n) is 14.9. The van der Waals surface area contributed by atoms with Gasteiger partial charge in [-0.2, -0.15) is 0 Å². The van der Waals surface area contributed by atoms with Crippen LogP contribution in [-0.2, 0) is 96.5 Å². The summed E-state index contributed by atoms with van der Waals surface area (Å²) in [6.45, 7) is 38.2. The quantitative estimate of drug-likeness (QED) is 0.0160. The summed E-state index contributed by atoms with van der Waals surface area (Å²) in [6.07, 6.45) is 15.6. The number of esters is 3. The van der Waals surface area contributed by atoms with Crippen LogP contribution in [-0.4, -0.2) is 206 Å². The molecule has 4 N–H and O–H groups in total. The van der Waals surface area contributed by atoms with E-state index in [0.29, 0.717) is 111 Å². The topological polar surface area (TPSA) is 428 Å². The predicted molar refractivity (Wildman–Crippen MR) is 449 cm³/mol. The molecule has 2 unspecified atom stereocenters. The SMILES string of the molecule is C=CC1CC1(C[B]C=O)C(=O)OCC.C=C[C@@H]1C[C@]1(CC(=O)OC(C)(C)C)C(=O)CS(=O)(=O)C1CC1.C=C[C@@H]1C[C@]1(C[B]C=O)C(=O)O.C=C[C@@H]1C[C@]1(N)C(=O)CS(=O)(=O)C1CC1.C=C[C@@H]1C[C@]1(NC(=O)[C@@H]1C[C@@H](Oc2cc(-c3ccccc3)nc3c(C)noc23)CN1C(=O)[C@@H](CC(=O)OC(C)(C)C)C(C)(C)C)C(=O)CS(=O)(=O)C1CC1.Cl. The molecule has 34 heteroatoms. The molecular formula is C84H114B2ClN5O23S3. The number of rotatable bonds is 36. The summed E-state index contributed by atoms with van der Waals surface area (Å²) in [6, 6.07) is 10.1. The monoisotopic (exact) mass is 1710 g/mol. The Morgan fingerprint density at radius 1 is 0.661 bits per heavy atom. The average Bonchev–Trinajstić information content (AvgIpc) is 1.63. The second-order valence-electron chi connectivity index (χ2n) is 35.4. The highest BCUT2D eigenvalue weighted by molar-refractivity contribution is 7.93. The summed E-state index contributed by atoms with van der Waals surface area (Å²) >= 11 is 0. The molecule has 2 amide bonds. The lowest BCUT2D eigenvalue weighted by atomic mass is 9.69. The normalized spacial score (nSPS) is 27.1. The maximum absolute atomic E-state index is 14.6. The highest BCUT2D eigenvalue weighted by atomic mass is 35.5. The number of carbonyl (C=O) groups is 11. The Kier molecular flexibility index (Phi) is 31.0. The summed E-state index contributed by atoms with van der Waals surface area (Å²) in [5.74, 6) is -6.97. The van der Waals surface area contributed by atoms with E-state index in [-0.39, 0.29) is 96.3 Å². The Morgan fingerprint density at radius 2 is 1.14 bits per heavy atom. The van der Waals surface area contributed by atoms with Crippen LogP contribution in [0.15, 0.2) is 104 Å². The summed E-state index contributed by atoms with van der Waals surface area (Å²) < 4.78 is 101. The van der Waals surface area contributed by atoms with Crippen molar-refractivity contribution in [2.45, 2.75) is 229 Å². The number of carboxylic acids is 1. The molecule has 3 aromatic rings. The number of benzene rings is 1. The van der Waals surface area contributed by atoms with Crippen LogP contribution >= 0.6 is 12.4 Å². The number of pyridine rings is 1. The molecular weight excluding hydrogens is 1600 g/mol. The molecule has 1 aliphatic heterocycles. The van der Waals surface area contributed by atoms with Gasteiger partial charge in [0.15, 0.2) is 67.2 Å². The number of nitrogens with two attached hydrogens (primary N) is 1. The van der Waals surface area contributed by atoms with Crippen LogP contribution in [0.5, 0.6) is 5.75 Å². The van der Waals surface area contributed by atoms with E-state index >= 15 is 0 Å². The van der Waals surface area contributed by atoms with E-state index in [1.54, 1.807) is 91.8 Å². The van der Waals surface area contributed by atoms with Crippen molar-refractivity contribution in [1.82, 2.24) is 20.4 Å². The minimum Gasteiger partial charge on any atom is -0.484 e. The minimum atomic E-state index is -3.66. The number of likely N-dealkylation sites (tertiary alicyclic amines) is 1. The Balaban J connectivity index is 0.000000243. The molecule has 3 heterocycles. The molecule has 644 valence electrons. The zero-order valence-electron chi connectivity index (χ0n) is 69.4. The van der Waals surface area contributed by atoms with Crippen LogP contribution in [0.3, 0.4) is 0 Å². The number of fused-ring (bicyclic) bond motifs is 1. The largest absolute Gasteiger partial charge is 0.484 e. The second kappa shape index (κ2) is 37.8. The lowest BCUT2D eigenvalue weighted by Gasteiger charge is -2.35. The van der Waals surface area contributed by atoms with Crippen molar-refractivity contribution in [2.24, 2.45) is 62.9 Å². The number of amides is 2. The van der Waals surface area contributed by atoms with Gasteiger partial charge >= 0.3 is 23.9 Å². The van der Waals surface area contributed by atoms with E-state index in [2.05, 4.69) is 43.4 Å². The van der Waals surface area contributed by atoms with Crippen LogP contribution in [0.1, 0.15) is 165 Å². The number of halogens is 1. The number of aliphatic carboxylic acids is 1. The maximum atomic E-state index is 14.6. The van der Waals surface area contributed by atoms with Crippen molar-refractivity contribution in [2.75, 3.05) is 30.4 Å². The third-order valence-electron chi connectivity index (χ3n) is 23.0. The van der Waals surface area contributed by atoms with E-state index in [4.69, 9.17) is 39.3 Å². The Bertz CT molecular complexity index is 4720. The first-order valence-corrected chi connectivity index (χ1v) is 44.8. The molecule has 8 aliphatic carbocycles. The molecule has 13 atom stereocenters. The number of hydrogen-bond donors (Lipinski definition) is 3. The van der Waals surface area contributed by atoms with Gasteiger partial charge in [-0.05, 0) is 149 Å². The third-order valence-corrected chi connectivity index (χ3v) is 29.4. The lowest BCUT2D eigenvalue weighted by molar-refractivity contribution is -0.161. The molecule has 8 saturated carbocycles. The molecule has 12 rings (SSSR count). The number of ketones is 3. The van der Waals surface area contributed by atoms with Gasteiger partial charge in [-0.15, -0.1) is 45.3 Å². The number of nitrogens with zero attached hydrogens (tertiary/aromatic N) is 3. The highest BCUT2D eigenvalue weighted by Gasteiger charge is 2.64. The van der Waals surface area contributed by atoms with Crippen LogP contribution in [0.4, 0.5) is 0 Å². The number of carbonyl (C=O) groups excluding carboxylic acids is 10. The number of Topliss-reactive ketones (excluding diaryl/α,β-unsaturated/α-hetero) is 3. The molecule has 9 aliphatic rings. The number of hydrogen-bond acceptors (Lipinski definition) is 25. The van der Waals surface area contributed by atoms with Gasteiger partial charge in [-0.1, -0.05) is 99.3 Å². The van der Waals surface area contributed by atoms with Crippen molar-refractivity contribution in [3.8, 4) is 17.0 Å². The predicted octanol–water partition coefficient (Wildman–Crippen LogP) is 9.29. The molecule has 1 aromatic carbocycles. The number of aromatic nitrogens is 2. The third kappa shape index (κ3) is 23.9. The zero-order chi connectivity index (χ0) is 87.2. The summed E-state index contributed by atoms with van der Waals surface area (Å²) in [5.41, 5.74) is 1.97. The van der Waals surface area contributed by atoms with Gasteiger partial charge in [-0.25, -0.2) is 30.2 Å². The van der Waals surface area contributed by atoms with Crippen LogP contribution in [0.2, 0.25) is 12.6 Å². The molecule has 118 heavy (non-hydrogen) atoms. The van der Waals surface area contributed by atoms with Gasteiger partial charge < -0.3 is 54.1 Å².